The molecule has 0 amide bonds. The van der Waals surface area contributed by atoms with Gasteiger partial charge in [-0.25, -0.2) is 24.0 Å². The fourth-order valence-corrected chi connectivity index (χ4v) is 2.53. The highest BCUT2D eigenvalue weighted by Crippen LogP contribution is 2.22. The van der Waals surface area contributed by atoms with Crippen molar-refractivity contribution in [1.82, 2.24) is 9.71 Å². The second kappa shape index (κ2) is 5.72. The van der Waals surface area contributed by atoms with Crippen LogP contribution in [0.5, 0.6) is 0 Å². The minimum atomic E-state index is -4.44. The number of aromatic nitrogens is 1. The van der Waals surface area contributed by atoms with Crippen molar-refractivity contribution in [2.24, 2.45) is 5.84 Å². The van der Waals surface area contributed by atoms with E-state index in [1.807, 2.05) is 4.72 Å². The normalized spacial score (nSPS) is 14.2. The molecule has 0 aliphatic carbocycles. The number of hydrogen-bond acceptors (Lipinski definition) is 5. The molecule has 1 unspecified atom stereocenters. The number of hydrogen-bond donors (Lipinski definition) is 3. The Balaban J connectivity index is 2.80. The van der Waals surface area contributed by atoms with Crippen LogP contribution >= 0.6 is 0 Å². The van der Waals surface area contributed by atoms with Gasteiger partial charge in [0.05, 0.1) is 6.42 Å². The van der Waals surface area contributed by atoms with Crippen molar-refractivity contribution in [3.8, 4) is 0 Å². The number of nitrogens with zero attached hydrogens (tertiary/aromatic N) is 1. The molecule has 19 heavy (non-hydrogen) atoms. The lowest BCUT2D eigenvalue weighted by Crippen LogP contribution is -2.36. The topological polar surface area (TPSA) is 97.1 Å². The first-order chi connectivity index (χ1) is 8.64. The number of anilines is 1. The standard InChI is InChI=1S/C9H13F3N4O2S/c1-6(4-9(10,11)12)16-19(17,18)7-2-3-8(15-13)14-5-7/h2-3,5-6,16H,4,13H2,1H3,(H,14,15). The number of nitrogens with one attached hydrogen (secondary N) is 2. The Morgan fingerprint density at radius 1 is 1.42 bits per heavy atom. The summed E-state index contributed by atoms with van der Waals surface area (Å²) in [6.45, 7) is 1.13. The molecule has 4 N–H and O–H groups in total. The van der Waals surface area contributed by atoms with Crippen LogP contribution in [0.2, 0.25) is 0 Å². The minimum Gasteiger partial charge on any atom is -0.308 e. The van der Waals surface area contributed by atoms with Crippen molar-refractivity contribution < 1.29 is 21.6 Å². The van der Waals surface area contributed by atoms with Gasteiger partial charge in [-0.15, -0.1) is 0 Å². The molecular formula is C9H13F3N4O2S. The Morgan fingerprint density at radius 2 is 2.05 bits per heavy atom. The zero-order valence-electron chi connectivity index (χ0n) is 9.90. The van der Waals surface area contributed by atoms with Crippen LogP contribution in [0.3, 0.4) is 0 Å². The third-order valence-corrected chi connectivity index (χ3v) is 3.66. The van der Waals surface area contributed by atoms with Crippen molar-refractivity contribution in [2.75, 3.05) is 5.43 Å². The van der Waals surface area contributed by atoms with E-state index < -0.39 is 28.7 Å². The molecule has 6 nitrogen and oxygen atoms in total. The highest BCUT2D eigenvalue weighted by molar-refractivity contribution is 7.89. The maximum absolute atomic E-state index is 12.1. The van der Waals surface area contributed by atoms with Crippen molar-refractivity contribution in [3.63, 3.8) is 0 Å². The Labute approximate surface area is 108 Å². The summed E-state index contributed by atoms with van der Waals surface area (Å²) in [7, 11) is -4.04. The van der Waals surface area contributed by atoms with E-state index in [0.717, 1.165) is 13.1 Å². The summed E-state index contributed by atoms with van der Waals surface area (Å²) >= 11 is 0. The second-order valence-electron chi connectivity index (χ2n) is 3.87. The van der Waals surface area contributed by atoms with Crippen molar-refractivity contribution in [2.45, 2.75) is 30.5 Å². The number of sulfonamides is 1. The van der Waals surface area contributed by atoms with Gasteiger partial charge in [0.1, 0.15) is 10.7 Å². The fourth-order valence-electron chi connectivity index (χ4n) is 1.35. The van der Waals surface area contributed by atoms with Gasteiger partial charge in [-0.05, 0) is 19.1 Å². The molecule has 108 valence electrons. The highest BCUT2D eigenvalue weighted by atomic mass is 32.2. The number of pyridine rings is 1. The molecule has 0 saturated carbocycles. The van der Waals surface area contributed by atoms with E-state index in [9.17, 15) is 21.6 Å². The van der Waals surface area contributed by atoms with Gasteiger partial charge in [0, 0.05) is 12.2 Å². The Bertz CT molecular complexity index is 515. The first kappa shape index (κ1) is 15.7. The average molecular weight is 298 g/mol. The number of alkyl halides is 3. The zero-order chi connectivity index (χ0) is 14.7. The summed E-state index contributed by atoms with van der Waals surface area (Å²) in [4.78, 5) is 3.43. The van der Waals surface area contributed by atoms with Crippen molar-refractivity contribution >= 4 is 15.8 Å². The van der Waals surface area contributed by atoms with Gasteiger partial charge in [-0.2, -0.15) is 13.2 Å². The third-order valence-electron chi connectivity index (χ3n) is 2.09. The molecule has 0 aromatic carbocycles. The smallest absolute Gasteiger partial charge is 0.308 e. The first-order valence-corrected chi connectivity index (χ1v) is 6.64. The molecule has 0 bridgehead atoms. The van der Waals surface area contributed by atoms with Gasteiger partial charge < -0.3 is 5.43 Å². The predicted octanol–water partition coefficient (Wildman–Crippen LogP) is 0.986. The van der Waals surface area contributed by atoms with Crippen LogP contribution < -0.4 is 16.0 Å². The number of halogens is 3. The minimum absolute atomic E-state index is 0.236. The lowest BCUT2D eigenvalue weighted by atomic mass is 10.2. The van der Waals surface area contributed by atoms with E-state index in [0.29, 0.717) is 0 Å². The van der Waals surface area contributed by atoms with E-state index >= 15 is 0 Å². The van der Waals surface area contributed by atoms with Crippen LogP contribution in [0.4, 0.5) is 19.0 Å². The predicted molar refractivity (Wildman–Crippen MR) is 62.5 cm³/mol. The van der Waals surface area contributed by atoms with Crippen LogP contribution in [0.15, 0.2) is 23.2 Å². The van der Waals surface area contributed by atoms with Crippen LogP contribution in [0.25, 0.3) is 0 Å². The summed E-state index contributed by atoms with van der Waals surface area (Å²) in [5, 5.41) is 0. The molecular weight excluding hydrogens is 285 g/mol. The Kier molecular flexibility index (Phi) is 4.71. The average Bonchev–Trinajstić information content (AvgIpc) is 2.25. The second-order valence-corrected chi connectivity index (χ2v) is 5.58. The molecule has 0 radical (unpaired) electrons. The van der Waals surface area contributed by atoms with Crippen molar-refractivity contribution in [3.05, 3.63) is 18.3 Å². The maximum Gasteiger partial charge on any atom is 0.390 e. The Hall–Kier alpha value is -1.39. The molecule has 1 aromatic rings. The van der Waals surface area contributed by atoms with E-state index in [4.69, 9.17) is 5.84 Å². The quantitative estimate of drug-likeness (QED) is 0.556. The van der Waals surface area contributed by atoms with Gasteiger partial charge >= 0.3 is 6.18 Å². The lowest BCUT2D eigenvalue weighted by molar-refractivity contribution is -0.137. The zero-order valence-corrected chi connectivity index (χ0v) is 10.7. The maximum atomic E-state index is 12.1. The molecule has 0 aliphatic rings. The van der Waals surface area contributed by atoms with E-state index in [2.05, 4.69) is 10.4 Å². The van der Waals surface area contributed by atoms with Crippen LogP contribution in [0, 0.1) is 0 Å². The van der Waals surface area contributed by atoms with Crippen LogP contribution in [0.1, 0.15) is 13.3 Å². The highest BCUT2D eigenvalue weighted by Gasteiger charge is 2.32. The largest absolute Gasteiger partial charge is 0.390 e. The molecule has 0 fully saturated rings. The third kappa shape index (κ3) is 5.01. The van der Waals surface area contributed by atoms with Crippen LogP contribution in [-0.2, 0) is 10.0 Å². The monoisotopic (exact) mass is 298 g/mol. The first-order valence-electron chi connectivity index (χ1n) is 5.16. The van der Waals surface area contributed by atoms with E-state index in [-0.39, 0.29) is 10.7 Å². The molecule has 0 aliphatic heterocycles. The number of hydrazine groups is 1. The summed E-state index contributed by atoms with van der Waals surface area (Å²) < 4.78 is 61.8. The lowest BCUT2D eigenvalue weighted by Gasteiger charge is -2.15. The summed E-state index contributed by atoms with van der Waals surface area (Å²) in [5.41, 5.74) is 2.20. The summed E-state index contributed by atoms with van der Waals surface area (Å²) in [6.07, 6.45) is -4.69. The van der Waals surface area contributed by atoms with Gasteiger partial charge in [-0.3, -0.25) is 0 Å². The molecule has 0 spiro atoms. The summed E-state index contributed by atoms with van der Waals surface area (Å²) in [6, 6.07) is 1.21. The van der Waals surface area contributed by atoms with Crippen LogP contribution in [-0.4, -0.2) is 25.6 Å². The SMILES string of the molecule is CC(CC(F)(F)F)NS(=O)(=O)c1ccc(NN)nc1. The van der Waals surface area contributed by atoms with Gasteiger partial charge in [-0.1, -0.05) is 0 Å². The molecule has 1 heterocycles. The van der Waals surface area contributed by atoms with E-state index in [1.54, 1.807) is 0 Å². The molecule has 1 aromatic heterocycles. The fraction of sp³-hybridized carbons (Fsp3) is 0.444. The molecule has 10 heteroatoms. The Morgan fingerprint density at radius 3 is 2.47 bits per heavy atom. The molecule has 1 atom stereocenters. The number of nitrogen functional groups attached to an aromatic ring is 1. The summed E-state index contributed by atoms with van der Waals surface area (Å²) in [5.74, 6) is 5.29. The number of rotatable bonds is 5. The van der Waals surface area contributed by atoms with E-state index in [1.165, 1.54) is 12.1 Å². The van der Waals surface area contributed by atoms with Crippen molar-refractivity contribution in [1.29, 1.82) is 0 Å². The van der Waals surface area contributed by atoms with Gasteiger partial charge in [0.25, 0.3) is 0 Å². The molecule has 0 saturated heterocycles. The number of nitrogens with two attached hydrogens (primary N) is 1. The van der Waals surface area contributed by atoms with Gasteiger partial charge in [0.15, 0.2) is 0 Å². The molecule has 1 rings (SSSR count). The van der Waals surface area contributed by atoms with Gasteiger partial charge in [0.2, 0.25) is 10.0 Å².